The van der Waals surface area contributed by atoms with Crippen molar-refractivity contribution in [3.8, 4) is 0 Å². The Hall–Kier alpha value is -2.40. The minimum absolute atomic E-state index is 0.205. The fourth-order valence-corrected chi connectivity index (χ4v) is 3.39. The van der Waals surface area contributed by atoms with E-state index in [1.54, 1.807) is 7.11 Å². The molecule has 3 heterocycles. The fraction of sp³-hybridized carbons (Fsp3) is 0.429. The van der Waals surface area contributed by atoms with Crippen LogP contribution in [0, 0.1) is 0 Å². The number of hydrogen-bond acceptors (Lipinski definition) is 5. The number of hydrogen-bond donors (Lipinski definition) is 0. The van der Waals surface area contributed by atoms with Gasteiger partial charge in [-0.05, 0) is 43.0 Å². The van der Waals surface area contributed by atoms with E-state index in [0.29, 0.717) is 31.9 Å². The Labute approximate surface area is 153 Å². The number of rotatable bonds is 8. The zero-order chi connectivity index (χ0) is 17.9. The molecule has 134 valence electrons. The molecule has 2 aliphatic rings. The van der Waals surface area contributed by atoms with Gasteiger partial charge in [-0.1, -0.05) is 0 Å². The average molecular weight is 349 g/mol. The largest absolute Gasteiger partial charge is 0.385 e. The summed E-state index contributed by atoms with van der Waals surface area (Å²) in [5.41, 5.74) is 6.34. The van der Waals surface area contributed by atoms with Gasteiger partial charge in [0, 0.05) is 67.4 Å². The molecule has 1 aliphatic heterocycles. The maximum absolute atomic E-state index is 12.0. The highest BCUT2D eigenvalue weighted by molar-refractivity contribution is 6.15. The minimum atomic E-state index is 0.205. The fourth-order valence-electron chi connectivity index (χ4n) is 3.39. The molecule has 2 aromatic rings. The van der Waals surface area contributed by atoms with Crippen LogP contribution in [0.4, 0.5) is 0 Å². The zero-order valence-electron chi connectivity index (χ0n) is 15.1. The maximum Gasteiger partial charge on any atom is 0.138 e. The Morgan fingerprint density at radius 2 is 2.15 bits per heavy atom. The van der Waals surface area contributed by atoms with Crippen LogP contribution in [0.15, 0.2) is 35.6 Å². The summed E-state index contributed by atoms with van der Waals surface area (Å²) >= 11 is 0. The first-order chi connectivity index (χ1) is 12.7. The van der Waals surface area contributed by atoms with Crippen LogP contribution in [0.2, 0.25) is 0 Å². The second-order valence-corrected chi connectivity index (χ2v) is 7.05. The monoisotopic (exact) mass is 349 g/mol. The van der Waals surface area contributed by atoms with Crippen LogP contribution in [-0.4, -0.2) is 35.2 Å². The quantitative estimate of drug-likeness (QED) is 0.686. The summed E-state index contributed by atoms with van der Waals surface area (Å²) in [5, 5.41) is 0. The molecule has 26 heavy (non-hydrogen) atoms. The number of aromatic nitrogens is 2. The molecule has 5 nitrogen and oxygen atoms in total. The van der Waals surface area contributed by atoms with Crippen molar-refractivity contribution in [1.82, 2.24) is 9.97 Å². The molecule has 1 fully saturated rings. The third kappa shape index (κ3) is 3.73. The van der Waals surface area contributed by atoms with Crippen molar-refractivity contribution in [2.45, 2.75) is 44.6 Å². The van der Waals surface area contributed by atoms with Gasteiger partial charge in [0.25, 0.3) is 0 Å². The summed E-state index contributed by atoms with van der Waals surface area (Å²) in [6.45, 7) is 1.27. The molecular formula is C21H23N3O2. The summed E-state index contributed by atoms with van der Waals surface area (Å²) in [5.74, 6) is 0.831. The first-order valence-corrected chi connectivity index (χ1v) is 9.24. The number of aliphatic imine (C=N–C) groups is 1. The molecule has 0 aromatic carbocycles. The lowest BCUT2D eigenvalue weighted by Crippen LogP contribution is -2.08. The predicted octanol–water partition coefficient (Wildman–Crippen LogP) is 3.24. The number of ether oxygens (including phenoxy) is 1. The number of carbonyl (C=O) groups is 1. The molecule has 0 spiro atoms. The highest BCUT2D eigenvalue weighted by Crippen LogP contribution is 2.39. The number of pyridine rings is 2. The first-order valence-electron chi connectivity index (χ1n) is 9.24. The molecule has 0 saturated heterocycles. The molecule has 0 N–H and O–H groups in total. The van der Waals surface area contributed by atoms with Crippen LogP contribution >= 0.6 is 0 Å². The van der Waals surface area contributed by atoms with Crippen LogP contribution in [0.3, 0.4) is 0 Å². The molecule has 4 rings (SSSR count). The molecule has 0 unspecified atom stereocenters. The van der Waals surface area contributed by atoms with Gasteiger partial charge in [0.15, 0.2) is 0 Å². The second-order valence-electron chi connectivity index (χ2n) is 7.05. The van der Waals surface area contributed by atoms with E-state index in [9.17, 15) is 4.79 Å². The Morgan fingerprint density at radius 3 is 2.96 bits per heavy atom. The molecular weight excluding hydrogens is 326 g/mol. The average Bonchev–Trinajstić information content (AvgIpc) is 3.42. The van der Waals surface area contributed by atoms with Crippen molar-refractivity contribution in [1.29, 1.82) is 0 Å². The van der Waals surface area contributed by atoms with E-state index >= 15 is 0 Å². The van der Waals surface area contributed by atoms with Crippen molar-refractivity contribution in [2.24, 2.45) is 4.99 Å². The van der Waals surface area contributed by atoms with Gasteiger partial charge >= 0.3 is 0 Å². The lowest BCUT2D eigenvalue weighted by atomic mass is 10.00. The molecule has 5 heteroatoms. The second kappa shape index (κ2) is 7.46. The van der Waals surface area contributed by atoms with E-state index in [1.807, 2.05) is 24.5 Å². The Morgan fingerprint density at radius 1 is 1.27 bits per heavy atom. The number of nitrogens with zero attached hydrogens (tertiary/aromatic N) is 3. The number of fused-ring (bicyclic) bond motifs is 1. The highest BCUT2D eigenvalue weighted by atomic mass is 16.5. The Balaban J connectivity index is 1.47. The van der Waals surface area contributed by atoms with Gasteiger partial charge in [-0.2, -0.15) is 0 Å². The lowest BCUT2D eigenvalue weighted by molar-refractivity contribution is -0.118. The number of Topliss-reactive ketones (excluding diaryl/α,β-unsaturated/α-hetero) is 1. The molecule has 1 aliphatic carbocycles. The van der Waals surface area contributed by atoms with Gasteiger partial charge in [-0.25, -0.2) is 0 Å². The summed E-state index contributed by atoms with van der Waals surface area (Å²) in [6.07, 6.45) is 7.91. The van der Waals surface area contributed by atoms with Crippen LogP contribution in [0.25, 0.3) is 0 Å². The smallest absolute Gasteiger partial charge is 0.138 e. The number of methoxy groups -OCH3 is 1. The van der Waals surface area contributed by atoms with Gasteiger partial charge < -0.3 is 4.74 Å². The summed E-state index contributed by atoms with van der Waals surface area (Å²) < 4.78 is 5.00. The van der Waals surface area contributed by atoms with Gasteiger partial charge in [0.05, 0.1) is 12.3 Å². The SMILES string of the molecule is COCCCC(=O)Cc1cc2c(cn1)C(c1ccnc(C3CC3)c1)=NC2. The third-order valence-electron chi connectivity index (χ3n) is 4.94. The zero-order valence-corrected chi connectivity index (χ0v) is 15.1. The van der Waals surface area contributed by atoms with Crippen LogP contribution in [-0.2, 0) is 22.5 Å². The van der Waals surface area contributed by atoms with Gasteiger partial charge in [0.2, 0.25) is 0 Å². The summed E-state index contributed by atoms with van der Waals surface area (Å²) in [4.78, 5) is 25.8. The molecule has 0 amide bonds. The number of ketones is 1. The van der Waals surface area contributed by atoms with Crippen molar-refractivity contribution in [2.75, 3.05) is 13.7 Å². The third-order valence-corrected chi connectivity index (χ3v) is 4.94. The maximum atomic E-state index is 12.0. The van der Waals surface area contributed by atoms with Crippen molar-refractivity contribution in [3.05, 3.63) is 58.7 Å². The Bertz CT molecular complexity index is 856. The molecule has 1 saturated carbocycles. The number of carbonyl (C=O) groups excluding carboxylic acids is 1. The summed E-state index contributed by atoms with van der Waals surface area (Å²) in [7, 11) is 1.65. The van der Waals surface area contributed by atoms with E-state index in [0.717, 1.165) is 34.5 Å². The standard InChI is InChI=1S/C21H23N3O2/c1-26-8-2-3-18(25)11-17-9-16-12-24-21(19(16)13-23-17)15-6-7-22-20(10-15)14-4-5-14/h6-7,9-10,13-14H,2-5,8,11-12H2,1H3. The van der Waals surface area contributed by atoms with E-state index in [4.69, 9.17) is 9.73 Å². The van der Waals surface area contributed by atoms with Gasteiger partial charge in [0.1, 0.15) is 5.78 Å². The molecule has 0 atom stereocenters. The molecule has 2 aromatic heterocycles. The van der Waals surface area contributed by atoms with Crippen LogP contribution < -0.4 is 0 Å². The first kappa shape index (κ1) is 17.0. The van der Waals surface area contributed by atoms with Crippen molar-refractivity contribution < 1.29 is 9.53 Å². The van der Waals surface area contributed by atoms with Crippen molar-refractivity contribution in [3.63, 3.8) is 0 Å². The Kier molecular flexibility index (Phi) is 4.89. The molecule has 0 bridgehead atoms. The van der Waals surface area contributed by atoms with Gasteiger partial charge in [-0.15, -0.1) is 0 Å². The van der Waals surface area contributed by atoms with Crippen LogP contribution in [0.5, 0.6) is 0 Å². The highest BCUT2D eigenvalue weighted by Gasteiger charge is 2.26. The molecule has 0 radical (unpaired) electrons. The lowest BCUT2D eigenvalue weighted by Gasteiger charge is -2.07. The topological polar surface area (TPSA) is 64.4 Å². The van der Waals surface area contributed by atoms with Gasteiger partial charge in [-0.3, -0.25) is 19.8 Å². The van der Waals surface area contributed by atoms with E-state index < -0.39 is 0 Å². The predicted molar refractivity (Wildman–Crippen MR) is 99.6 cm³/mol. The van der Waals surface area contributed by atoms with E-state index in [1.165, 1.54) is 18.5 Å². The summed E-state index contributed by atoms with van der Waals surface area (Å²) in [6, 6.07) is 6.22. The minimum Gasteiger partial charge on any atom is -0.385 e. The van der Waals surface area contributed by atoms with E-state index in [-0.39, 0.29) is 5.78 Å². The van der Waals surface area contributed by atoms with E-state index in [2.05, 4.69) is 16.0 Å². The van der Waals surface area contributed by atoms with Crippen LogP contribution in [0.1, 0.15) is 59.7 Å². The normalized spacial score (nSPS) is 15.7. The van der Waals surface area contributed by atoms with Crippen molar-refractivity contribution >= 4 is 11.5 Å².